The Morgan fingerprint density at radius 1 is 1.50 bits per heavy atom. The molecule has 1 saturated heterocycles. The summed E-state index contributed by atoms with van der Waals surface area (Å²) >= 11 is 1.65. The Balaban J connectivity index is 1.93. The molecule has 0 amide bonds. The molecule has 0 spiro atoms. The number of nitrogens with one attached hydrogen (secondary N) is 1. The molecule has 108 valence electrons. The van der Waals surface area contributed by atoms with Crippen molar-refractivity contribution in [1.29, 1.82) is 0 Å². The monoisotopic (exact) mass is 292 g/mol. The number of hydrogen-bond donors (Lipinski definition) is 2. The smallest absolute Gasteiger partial charge is 0.226 e. The van der Waals surface area contributed by atoms with Gasteiger partial charge in [-0.2, -0.15) is 4.98 Å². The van der Waals surface area contributed by atoms with Crippen LogP contribution in [0.1, 0.15) is 19.8 Å². The normalized spacial score (nSPS) is 18.9. The zero-order valence-electron chi connectivity index (χ0n) is 11.7. The van der Waals surface area contributed by atoms with E-state index in [0.29, 0.717) is 11.9 Å². The van der Waals surface area contributed by atoms with Crippen LogP contribution >= 0.6 is 11.3 Å². The number of rotatable bonds is 5. The average molecular weight is 292 g/mol. The van der Waals surface area contributed by atoms with Gasteiger partial charge in [0.2, 0.25) is 5.95 Å². The number of thiophene rings is 1. The van der Waals surface area contributed by atoms with Crippen LogP contribution in [-0.2, 0) is 0 Å². The van der Waals surface area contributed by atoms with E-state index in [1.165, 1.54) is 0 Å². The topological polar surface area (TPSA) is 61.3 Å². The lowest BCUT2D eigenvalue weighted by atomic mass is 10.1. The second kappa shape index (κ2) is 5.93. The van der Waals surface area contributed by atoms with Crippen molar-refractivity contribution >= 4 is 33.3 Å². The third-order valence-electron chi connectivity index (χ3n) is 3.68. The van der Waals surface area contributed by atoms with Crippen LogP contribution in [0.4, 0.5) is 11.8 Å². The first kappa shape index (κ1) is 13.6. The standard InChI is InChI=1S/C14H20N4OS/c1-2-5-15-14-16-12(11-4-7-20-13(11)17-14)18-6-3-10(8-18)9-19/h4,7,10,19H,2-3,5-6,8-9H2,1H3,(H,15,16,17). The molecule has 5 nitrogen and oxygen atoms in total. The minimum Gasteiger partial charge on any atom is -0.396 e. The molecule has 6 heteroatoms. The maximum absolute atomic E-state index is 9.31. The molecule has 0 radical (unpaired) electrons. The van der Waals surface area contributed by atoms with Crippen LogP contribution in [0.5, 0.6) is 0 Å². The summed E-state index contributed by atoms with van der Waals surface area (Å²) in [6, 6.07) is 2.09. The lowest BCUT2D eigenvalue weighted by molar-refractivity contribution is 0.238. The molecular weight excluding hydrogens is 272 g/mol. The molecule has 0 bridgehead atoms. The first-order valence-electron chi connectivity index (χ1n) is 7.16. The lowest BCUT2D eigenvalue weighted by Crippen LogP contribution is -2.22. The number of anilines is 2. The van der Waals surface area contributed by atoms with Crippen LogP contribution in [0.2, 0.25) is 0 Å². The third kappa shape index (κ3) is 2.58. The molecule has 20 heavy (non-hydrogen) atoms. The summed E-state index contributed by atoms with van der Waals surface area (Å²) in [6.07, 6.45) is 2.08. The van der Waals surface area contributed by atoms with Crippen LogP contribution < -0.4 is 10.2 Å². The number of aromatic nitrogens is 2. The van der Waals surface area contributed by atoms with Crippen LogP contribution in [0.25, 0.3) is 10.2 Å². The summed E-state index contributed by atoms with van der Waals surface area (Å²) in [7, 11) is 0. The number of aliphatic hydroxyl groups excluding tert-OH is 1. The second-order valence-corrected chi connectivity index (χ2v) is 6.11. The van der Waals surface area contributed by atoms with Gasteiger partial charge in [0.15, 0.2) is 0 Å². The van der Waals surface area contributed by atoms with E-state index >= 15 is 0 Å². The van der Waals surface area contributed by atoms with Gasteiger partial charge in [0, 0.05) is 32.2 Å². The van der Waals surface area contributed by atoms with Gasteiger partial charge in [0.25, 0.3) is 0 Å². The largest absolute Gasteiger partial charge is 0.396 e. The zero-order chi connectivity index (χ0) is 13.9. The van der Waals surface area contributed by atoms with Gasteiger partial charge in [0.1, 0.15) is 10.6 Å². The summed E-state index contributed by atoms with van der Waals surface area (Å²) < 4.78 is 0. The van der Waals surface area contributed by atoms with E-state index in [1.807, 2.05) is 0 Å². The van der Waals surface area contributed by atoms with E-state index in [4.69, 9.17) is 4.98 Å². The van der Waals surface area contributed by atoms with Gasteiger partial charge in [-0.15, -0.1) is 11.3 Å². The van der Waals surface area contributed by atoms with Crippen molar-refractivity contribution in [3.63, 3.8) is 0 Å². The van der Waals surface area contributed by atoms with Crippen molar-refractivity contribution in [2.24, 2.45) is 5.92 Å². The van der Waals surface area contributed by atoms with Crippen LogP contribution in [0, 0.1) is 5.92 Å². The van der Waals surface area contributed by atoms with Gasteiger partial charge in [-0.1, -0.05) is 6.92 Å². The van der Waals surface area contributed by atoms with Crippen molar-refractivity contribution in [3.8, 4) is 0 Å². The highest BCUT2D eigenvalue weighted by atomic mass is 32.1. The molecule has 2 N–H and O–H groups in total. The minimum absolute atomic E-state index is 0.259. The van der Waals surface area contributed by atoms with Gasteiger partial charge in [-0.3, -0.25) is 0 Å². The Bertz CT molecular complexity index is 586. The number of hydrogen-bond acceptors (Lipinski definition) is 6. The quantitative estimate of drug-likeness (QED) is 0.885. The van der Waals surface area contributed by atoms with Gasteiger partial charge >= 0.3 is 0 Å². The summed E-state index contributed by atoms with van der Waals surface area (Å²) in [5.41, 5.74) is 0. The van der Waals surface area contributed by atoms with Gasteiger partial charge in [0.05, 0.1) is 5.39 Å². The second-order valence-electron chi connectivity index (χ2n) is 5.22. The van der Waals surface area contributed by atoms with E-state index < -0.39 is 0 Å². The summed E-state index contributed by atoms with van der Waals surface area (Å²) in [6.45, 7) is 5.11. The van der Waals surface area contributed by atoms with Crippen molar-refractivity contribution in [1.82, 2.24) is 9.97 Å². The molecule has 1 unspecified atom stereocenters. The Hall–Kier alpha value is -1.40. The molecule has 1 atom stereocenters. The fourth-order valence-electron chi connectivity index (χ4n) is 2.57. The van der Waals surface area contributed by atoms with Crippen molar-refractivity contribution in [3.05, 3.63) is 11.4 Å². The molecular formula is C14H20N4OS. The first-order valence-corrected chi connectivity index (χ1v) is 8.04. The molecule has 2 aromatic heterocycles. The van der Waals surface area contributed by atoms with E-state index in [0.717, 1.165) is 48.5 Å². The van der Waals surface area contributed by atoms with E-state index in [9.17, 15) is 5.11 Å². The molecule has 1 aliphatic heterocycles. The maximum atomic E-state index is 9.31. The molecule has 0 aliphatic carbocycles. The number of nitrogens with zero attached hydrogens (tertiary/aromatic N) is 3. The molecule has 1 aliphatic rings. The van der Waals surface area contributed by atoms with Gasteiger partial charge < -0.3 is 15.3 Å². The Kier molecular flexibility index (Phi) is 4.03. The fourth-order valence-corrected chi connectivity index (χ4v) is 3.33. The van der Waals surface area contributed by atoms with E-state index in [1.54, 1.807) is 11.3 Å². The molecule has 1 fully saturated rings. The van der Waals surface area contributed by atoms with Crippen LogP contribution in [0.15, 0.2) is 11.4 Å². The van der Waals surface area contributed by atoms with Crippen molar-refractivity contribution < 1.29 is 5.11 Å². The third-order valence-corrected chi connectivity index (χ3v) is 4.49. The molecule has 0 aromatic carbocycles. The number of aliphatic hydroxyl groups is 1. The SMILES string of the molecule is CCCNc1nc(N2CCC(CO)C2)c2ccsc2n1. The molecule has 3 rings (SSSR count). The van der Waals surface area contributed by atoms with E-state index in [2.05, 4.69) is 33.6 Å². The van der Waals surface area contributed by atoms with E-state index in [-0.39, 0.29) is 6.61 Å². The lowest BCUT2D eigenvalue weighted by Gasteiger charge is -2.19. The fraction of sp³-hybridized carbons (Fsp3) is 0.571. The highest BCUT2D eigenvalue weighted by Crippen LogP contribution is 2.32. The highest BCUT2D eigenvalue weighted by molar-refractivity contribution is 7.16. The summed E-state index contributed by atoms with van der Waals surface area (Å²) in [4.78, 5) is 12.6. The zero-order valence-corrected chi connectivity index (χ0v) is 12.5. The Labute approximate surface area is 122 Å². The molecule has 3 heterocycles. The predicted octanol–water partition coefficient (Wildman–Crippen LogP) is 2.33. The molecule has 0 saturated carbocycles. The van der Waals surface area contributed by atoms with Crippen LogP contribution in [0.3, 0.4) is 0 Å². The van der Waals surface area contributed by atoms with Crippen LogP contribution in [-0.4, -0.2) is 41.3 Å². The maximum Gasteiger partial charge on any atom is 0.226 e. The summed E-state index contributed by atoms with van der Waals surface area (Å²) in [5, 5.41) is 15.8. The highest BCUT2D eigenvalue weighted by Gasteiger charge is 2.25. The number of fused-ring (bicyclic) bond motifs is 1. The Morgan fingerprint density at radius 2 is 2.40 bits per heavy atom. The van der Waals surface area contributed by atoms with Crippen molar-refractivity contribution in [2.75, 3.05) is 36.5 Å². The van der Waals surface area contributed by atoms with Gasteiger partial charge in [-0.05, 0) is 24.3 Å². The predicted molar refractivity (Wildman–Crippen MR) is 83.6 cm³/mol. The van der Waals surface area contributed by atoms with Gasteiger partial charge in [-0.25, -0.2) is 4.98 Å². The minimum atomic E-state index is 0.259. The van der Waals surface area contributed by atoms with Crippen molar-refractivity contribution in [2.45, 2.75) is 19.8 Å². The first-order chi connectivity index (χ1) is 9.81. The summed E-state index contributed by atoms with van der Waals surface area (Å²) in [5.74, 6) is 2.08. The average Bonchev–Trinajstić information content (AvgIpc) is 3.12. The Morgan fingerprint density at radius 3 is 3.15 bits per heavy atom. The molecule has 2 aromatic rings.